The van der Waals surface area contributed by atoms with Crippen molar-refractivity contribution in [2.45, 2.75) is 58.5 Å². The number of carbonyl (C=O) groups excluding carboxylic acids is 3. The molecule has 0 bridgehead atoms. The second kappa shape index (κ2) is 7.32. The maximum Gasteiger partial charge on any atom is 0.325 e. The lowest BCUT2D eigenvalue weighted by Crippen LogP contribution is -2.54. The van der Waals surface area contributed by atoms with Gasteiger partial charge in [-0.3, -0.25) is 14.5 Å². The number of rotatable bonds is 6. The summed E-state index contributed by atoms with van der Waals surface area (Å²) in [7, 11) is 0. The number of imidazole rings is 1. The first-order chi connectivity index (χ1) is 12.7. The van der Waals surface area contributed by atoms with E-state index in [1.165, 1.54) is 0 Å². The highest BCUT2D eigenvalue weighted by Gasteiger charge is 2.56. The molecule has 2 heterocycles. The molecule has 1 saturated heterocycles. The molecule has 0 radical (unpaired) electrons. The van der Waals surface area contributed by atoms with Crippen LogP contribution in [0.5, 0.6) is 0 Å². The van der Waals surface area contributed by atoms with Crippen molar-refractivity contribution >= 4 is 17.8 Å². The zero-order chi connectivity index (χ0) is 19.7. The number of hydrogen-bond donors (Lipinski definition) is 2. The van der Waals surface area contributed by atoms with Crippen LogP contribution in [0, 0.1) is 11.3 Å². The number of nitrogens with zero attached hydrogens (tertiary/aromatic N) is 3. The summed E-state index contributed by atoms with van der Waals surface area (Å²) in [6.07, 6.45) is 8.30. The Bertz CT molecular complexity index is 715. The van der Waals surface area contributed by atoms with Crippen LogP contribution in [0.1, 0.15) is 46.5 Å². The smallest absolute Gasteiger partial charge is 0.325 e. The molecule has 1 aromatic rings. The van der Waals surface area contributed by atoms with E-state index in [-0.39, 0.29) is 23.8 Å². The molecule has 1 aliphatic carbocycles. The molecule has 0 aromatic carbocycles. The van der Waals surface area contributed by atoms with Crippen LogP contribution in [0.4, 0.5) is 4.79 Å². The molecular weight excluding hydrogens is 346 g/mol. The SMILES string of the molecule is C[C@@H]1CC(C)(C)C[C@@]2(C1)NC(=O)N(CC(=O)NCCCn1ccnc1)C2=O. The Morgan fingerprint density at radius 2 is 2.15 bits per heavy atom. The lowest BCUT2D eigenvalue weighted by molar-refractivity contribution is -0.137. The highest BCUT2D eigenvalue weighted by atomic mass is 16.2. The number of amides is 4. The number of aryl methyl sites for hydroxylation is 1. The Hall–Kier alpha value is -2.38. The maximum atomic E-state index is 13.0. The van der Waals surface area contributed by atoms with Gasteiger partial charge in [-0.05, 0) is 37.0 Å². The van der Waals surface area contributed by atoms with Crippen molar-refractivity contribution in [1.29, 1.82) is 0 Å². The summed E-state index contributed by atoms with van der Waals surface area (Å²) in [5, 5.41) is 5.68. The van der Waals surface area contributed by atoms with Gasteiger partial charge in [-0.1, -0.05) is 20.8 Å². The van der Waals surface area contributed by atoms with Gasteiger partial charge in [0.1, 0.15) is 12.1 Å². The molecule has 8 nitrogen and oxygen atoms in total. The van der Waals surface area contributed by atoms with Crippen molar-refractivity contribution in [3.05, 3.63) is 18.7 Å². The molecule has 1 aliphatic heterocycles. The number of nitrogens with one attached hydrogen (secondary N) is 2. The molecular formula is C19H29N5O3. The fourth-order valence-corrected chi connectivity index (χ4v) is 4.76. The number of imide groups is 1. The molecule has 4 amide bonds. The lowest BCUT2D eigenvalue weighted by atomic mass is 9.64. The van der Waals surface area contributed by atoms with Gasteiger partial charge in [0.15, 0.2) is 0 Å². The van der Waals surface area contributed by atoms with Crippen molar-refractivity contribution in [3.8, 4) is 0 Å². The highest BCUT2D eigenvalue weighted by molar-refractivity contribution is 6.09. The van der Waals surface area contributed by atoms with Crippen LogP contribution < -0.4 is 10.6 Å². The van der Waals surface area contributed by atoms with Crippen molar-refractivity contribution in [3.63, 3.8) is 0 Å². The van der Waals surface area contributed by atoms with Crippen LogP contribution in [0.15, 0.2) is 18.7 Å². The Kier molecular flexibility index (Phi) is 5.26. The average Bonchev–Trinajstić information content (AvgIpc) is 3.13. The first-order valence-corrected chi connectivity index (χ1v) is 9.57. The topological polar surface area (TPSA) is 96.3 Å². The minimum absolute atomic E-state index is 0.0216. The second-order valence-electron chi connectivity index (χ2n) is 8.76. The average molecular weight is 375 g/mol. The van der Waals surface area contributed by atoms with E-state index in [1.54, 1.807) is 12.5 Å². The van der Waals surface area contributed by atoms with Gasteiger partial charge in [0.05, 0.1) is 6.33 Å². The first kappa shape index (κ1) is 19.4. The standard InChI is InChI=1S/C19H29N5O3/c1-14-9-18(2,3)12-19(10-14)16(26)24(17(27)22-19)11-15(25)21-5-4-7-23-8-6-20-13-23/h6,8,13-14H,4-5,7,9-12H2,1-3H3,(H,21,25)(H,22,27)/t14-,19-/m1/s1. The number of carbonyl (C=O) groups is 3. The number of hydrogen-bond acceptors (Lipinski definition) is 4. The fraction of sp³-hybridized carbons (Fsp3) is 0.684. The molecule has 3 rings (SSSR count). The predicted octanol–water partition coefficient (Wildman–Crippen LogP) is 1.53. The zero-order valence-electron chi connectivity index (χ0n) is 16.3. The fourth-order valence-electron chi connectivity index (χ4n) is 4.76. The van der Waals surface area contributed by atoms with Gasteiger partial charge in [-0.2, -0.15) is 0 Å². The molecule has 8 heteroatoms. The molecule has 2 fully saturated rings. The quantitative estimate of drug-likeness (QED) is 0.582. The third-order valence-corrected chi connectivity index (χ3v) is 5.40. The van der Waals surface area contributed by atoms with Gasteiger partial charge in [-0.25, -0.2) is 9.78 Å². The second-order valence-corrected chi connectivity index (χ2v) is 8.76. The molecule has 1 saturated carbocycles. The van der Waals surface area contributed by atoms with E-state index in [1.807, 2.05) is 10.8 Å². The molecule has 27 heavy (non-hydrogen) atoms. The summed E-state index contributed by atoms with van der Waals surface area (Å²) in [5.74, 6) is -0.236. The van der Waals surface area contributed by atoms with Crippen LogP contribution in [0.3, 0.4) is 0 Å². The van der Waals surface area contributed by atoms with Gasteiger partial charge in [0.25, 0.3) is 5.91 Å². The Balaban J connectivity index is 1.53. The van der Waals surface area contributed by atoms with Crippen molar-refractivity contribution in [1.82, 2.24) is 25.1 Å². The monoisotopic (exact) mass is 375 g/mol. The van der Waals surface area contributed by atoms with Gasteiger partial charge < -0.3 is 15.2 Å². The van der Waals surface area contributed by atoms with Crippen LogP contribution in [-0.4, -0.2) is 50.9 Å². The molecule has 2 aliphatic rings. The number of urea groups is 1. The third-order valence-electron chi connectivity index (χ3n) is 5.40. The van der Waals surface area contributed by atoms with E-state index in [9.17, 15) is 14.4 Å². The molecule has 1 spiro atoms. The van der Waals surface area contributed by atoms with E-state index < -0.39 is 11.6 Å². The molecule has 2 atom stereocenters. The first-order valence-electron chi connectivity index (χ1n) is 9.57. The van der Waals surface area contributed by atoms with Crippen LogP contribution in [-0.2, 0) is 16.1 Å². The highest BCUT2D eigenvalue weighted by Crippen LogP contribution is 2.46. The predicted molar refractivity (Wildman–Crippen MR) is 99.6 cm³/mol. The summed E-state index contributed by atoms with van der Waals surface area (Å²) in [5.41, 5.74) is -0.883. The summed E-state index contributed by atoms with van der Waals surface area (Å²) in [6.45, 7) is 7.36. The van der Waals surface area contributed by atoms with Crippen molar-refractivity contribution in [2.75, 3.05) is 13.1 Å². The number of aromatic nitrogens is 2. The normalized spacial score (nSPS) is 27.1. The molecule has 1 aromatic heterocycles. The summed E-state index contributed by atoms with van der Waals surface area (Å²) in [6, 6.07) is -0.460. The van der Waals surface area contributed by atoms with Crippen molar-refractivity contribution in [2.24, 2.45) is 11.3 Å². The van der Waals surface area contributed by atoms with Crippen LogP contribution >= 0.6 is 0 Å². The van der Waals surface area contributed by atoms with E-state index >= 15 is 0 Å². The lowest BCUT2D eigenvalue weighted by Gasteiger charge is -2.43. The Morgan fingerprint density at radius 3 is 2.81 bits per heavy atom. The van der Waals surface area contributed by atoms with Gasteiger partial charge in [0.2, 0.25) is 5.91 Å². The van der Waals surface area contributed by atoms with Crippen molar-refractivity contribution < 1.29 is 14.4 Å². The van der Waals surface area contributed by atoms with Crippen LogP contribution in [0.25, 0.3) is 0 Å². The zero-order valence-corrected chi connectivity index (χ0v) is 16.3. The van der Waals surface area contributed by atoms with E-state index in [0.717, 1.165) is 24.3 Å². The van der Waals surface area contributed by atoms with Gasteiger partial charge >= 0.3 is 6.03 Å². The van der Waals surface area contributed by atoms with Crippen LogP contribution in [0.2, 0.25) is 0 Å². The molecule has 148 valence electrons. The largest absolute Gasteiger partial charge is 0.354 e. The minimum Gasteiger partial charge on any atom is -0.354 e. The molecule has 0 unspecified atom stereocenters. The summed E-state index contributed by atoms with van der Waals surface area (Å²) in [4.78, 5) is 42.6. The summed E-state index contributed by atoms with van der Waals surface area (Å²) >= 11 is 0. The van der Waals surface area contributed by atoms with E-state index in [2.05, 4.69) is 36.4 Å². The molecule has 2 N–H and O–H groups in total. The maximum absolute atomic E-state index is 13.0. The minimum atomic E-state index is -0.861. The Labute approximate surface area is 159 Å². The van der Waals surface area contributed by atoms with E-state index in [4.69, 9.17) is 0 Å². The summed E-state index contributed by atoms with van der Waals surface area (Å²) < 4.78 is 1.93. The van der Waals surface area contributed by atoms with Gasteiger partial charge in [-0.15, -0.1) is 0 Å². The van der Waals surface area contributed by atoms with E-state index in [0.29, 0.717) is 25.3 Å². The van der Waals surface area contributed by atoms with Gasteiger partial charge in [0, 0.05) is 25.5 Å². The third kappa shape index (κ3) is 4.31. The Morgan fingerprint density at radius 1 is 1.37 bits per heavy atom.